The van der Waals surface area contributed by atoms with Gasteiger partial charge in [-0.3, -0.25) is 13.9 Å². The minimum Gasteiger partial charge on any atom is -0.361 e. The van der Waals surface area contributed by atoms with Crippen LogP contribution in [-0.4, -0.2) is 33.8 Å². The number of fused-ring (bicyclic) bond motifs is 1. The lowest BCUT2D eigenvalue weighted by Crippen LogP contribution is -2.27. The zero-order chi connectivity index (χ0) is 20.5. The summed E-state index contributed by atoms with van der Waals surface area (Å²) in [5.74, 6) is 1.60. The van der Waals surface area contributed by atoms with Crippen molar-refractivity contribution in [2.24, 2.45) is 5.92 Å². The van der Waals surface area contributed by atoms with Crippen molar-refractivity contribution in [3.8, 4) is 0 Å². The zero-order valence-corrected chi connectivity index (χ0v) is 19.6. The van der Waals surface area contributed by atoms with Crippen LogP contribution < -0.4 is 5.56 Å². The fourth-order valence-electron chi connectivity index (χ4n) is 3.79. The molecule has 2 heterocycles. The second-order valence-corrected chi connectivity index (χ2v) is 15.5. The van der Waals surface area contributed by atoms with Gasteiger partial charge in [0.25, 0.3) is 5.56 Å². The lowest BCUT2D eigenvalue weighted by Gasteiger charge is -2.17. The van der Waals surface area contributed by atoms with Crippen LogP contribution in [0.2, 0.25) is 31.0 Å². The zero-order valence-electron chi connectivity index (χ0n) is 17.8. The maximum Gasteiger partial charge on any atom is 0.280 e. The molecule has 6 nitrogen and oxygen atoms in total. The summed E-state index contributed by atoms with van der Waals surface area (Å²) in [4.78, 5) is 22.5. The molecule has 3 rings (SSSR count). The summed E-state index contributed by atoms with van der Waals surface area (Å²) in [7, 11) is -1.16. The highest BCUT2D eigenvalue weighted by Gasteiger charge is 2.27. The van der Waals surface area contributed by atoms with E-state index >= 15 is 0 Å². The van der Waals surface area contributed by atoms with E-state index in [0.717, 1.165) is 24.7 Å². The van der Waals surface area contributed by atoms with Gasteiger partial charge in [0.15, 0.2) is 11.2 Å². The molecule has 2 aromatic rings. The average Bonchev–Trinajstić information content (AvgIpc) is 3.22. The molecule has 0 atom stereocenters. The smallest absolute Gasteiger partial charge is 0.280 e. The molecule has 0 aromatic carbocycles. The molecule has 0 aliphatic heterocycles. The van der Waals surface area contributed by atoms with Crippen molar-refractivity contribution < 1.29 is 4.74 Å². The number of aromatic nitrogens is 4. The van der Waals surface area contributed by atoms with E-state index in [1.807, 2.05) is 4.57 Å². The predicted molar refractivity (Wildman–Crippen MR) is 117 cm³/mol. The third kappa shape index (κ3) is 4.86. The maximum absolute atomic E-state index is 13.3. The molecule has 2 aromatic heterocycles. The molecule has 0 spiro atoms. The molecule has 1 aliphatic carbocycles. The van der Waals surface area contributed by atoms with Crippen molar-refractivity contribution in [1.29, 1.82) is 0 Å². The molecular formula is C20H33ClN4O2Si. The number of hydrogen-bond donors (Lipinski definition) is 0. The van der Waals surface area contributed by atoms with Gasteiger partial charge in [-0.1, -0.05) is 46.3 Å². The number of nitrogens with zero attached hydrogens (tertiary/aromatic N) is 4. The van der Waals surface area contributed by atoms with Crippen LogP contribution in [0.25, 0.3) is 11.2 Å². The van der Waals surface area contributed by atoms with E-state index < -0.39 is 8.07 Å². The van der Waals surface area contributed by atoms with Crippen LogP contribution in [0.4, 0.5) is 0 Å². The topological polar surface area (TPSA) is 61.9 Å². The Bertz CT molecular complexity index is 879. The van der Waals surface area contributed by atoms with E-state index in [1.165, 1.54) is 12.8 Å². The number of ether oxygens (including phenoxy) is 1. The van der Waals surface area contributed by atoms with Gasteiger partial charge in [-0.15, -0.1) is 0 Å². The second-order valence-electron chi connectivity index (χ2n) is 9.59. The van der Waals surface area contributed by atoms with Crippen LogP contribution >= 0.6 is 11.6 Å². The summed E-state index contributed by atoms with van der Waals surface area (Å²) in [6.07, 6.45) is 4.62. The van der Waals surface area contributed by atoms with Gasteiger partial charge < -0.3 is 4.74 Å². The summed E-state index contributed by atoms with van der Waals surface area (Å²) in [5, 5.41) is 0.216. The summed E-state index contributed by atoms with van der Waals surface area (Å²) >= 11 is 6.33. The van der Waals surface area contributed by atoms with Gasteiger partial charge in [-0.05, 0) is 36.4 Å². The molecule has 0 bridgehead atoms. The Morgan fingerprint density at radius 2 is 1.86 bits per heavy atom. The minimum atomic E-state index is -1.16. The van der Waals surface area contributed by atoms with Gasteiger partial charge in [0.1, 0.15) is 12.6 Å². The fraction of sp³-hybridized carbons (Fsp3) is 0.750. The quantitative estimate of drug-likeness (QED) is 0.344. The third-order valence-electron chi connectivity index (χ3n) is 5.33. The molecule has 0 N–H and O–H groups in total. The monoisotopic (exact) mass is 424 g/mol. The standard InChI is InChI=1S/C20H33ClN4O2Si/c1-14(2)12-24-19(26)16-17(23-20(24)21)22-18(15-8-6-7-9-15)25(16)13-27-10-11-28(3,4)5/h14-15H,6-13H2,1-5H3. The summed E-state index contributed by atoms with van der Waals surface area (Å²) in [6.45, 7) is 12.7. The molecule has 28 heavy (non-hydrogen) atoms. The predicted octanol–water partition coefficient (Wildman–Crippen LogP) is 4.87. The van der Waals surface area contributed by atoms with E-state index in [1.54, 1.807) is 4.57 Å². The number of halogens is 1. The Morgan fingerprint density at radius 3 is 2.46 bits per heavy atom. The Labute approximate surface area is 173 Å². The first-order valence-corrected chi connectivity index (χ1v) is 14.5. The summed E-state index contributed by atoms with van der Waals surface area (Å²) in [5.41, 5.74) is 0.861. The van der Waals surface area contributed by atoms with Crippen molar-refractivity contribution in [1.82, 2.24) is 19.1 Å². The molecule has 156 valence electrons. The largest absolute Gasteiger partial charge is 0.361 e. The minimum absolute atomic E-state index is 0.116. The van der Waals surface area contributed by atoms with Gasteiger partial charge in [0.05, 0.1) is 0 Å². The number of hydrogen-bond acceptors (Lipinski definition) is 4. The molecule has 1 fully saturated rings. The van der Waals surface area contributed by atoms with Crippen LogP contribution in [0.15, 0.2) is 4.79 Å². The SMILES string of the molecule is CC(C)Cn1c(Cl)nc2nc(C3CCCC3)n(COCC[Si](C)(C)C)c2c1=O. The lowest BCUT2D eigenvalue weighted by molar-refractivity contribution is 0.0869. The molecule has 0 amide bonds. The third-order valence-corrected chi connectivity index (χ3v) is 7.32. The first kappa shape index (κ1) is 21.5. The van der Waals surface area contributed by atoms with Crippen molar-refractivity contribution >= 4 is 30.8 Å². The van der Waals surface area contributed by atoms with Crippen LogP contribution in [0.3, 0.4) is 0 Å². The molecule has 0 unspecified atom stereocenters. The van der Waals surface area contributed by atoms with Gasteiger partial charge in [0, 0.05) is 27.1 Å². The molecule has 1 aliphatic rings. The summed E-state index contributed by atoms with van der Waals surface area (Å²) in [6, 6.07) is 1.10. The van der Waals surface area contributed by atoms with Crippen molar-refractivity contribution in [3.05, 3.63) is 21.5 Å². The van der Waals surface area contributed by atoms with E-state index in [0.29, 0.717) is 42.9 Å². The lowest BCUT2D eigenvalue weighted by atomic mass is 10.1. The molecular weight excluding hydrogens is 392 g/mol. The Balaban J connectivity index is 2.00. The van der Waals surface area contributed by atoms with Crippen LogP contribution in [0.5, 0.6) is 0 Å². The fourth-order valence-corrected chi connectivity index (χ4v) is 4.77. The molecule has 8 heteroatoms. The first-order chi connectivity index (χ1) is 13.2. The van der Waals surface area contributed by atoms with Gasteiger partial charge in [0.2, 0.25) is 5.28 Å². The molecule has 0 radical (unpaired) electrons. The Morgan fingerprint density at radius 1 is 1.18 bits per heavy atom. The highest BCUT2D eigenvalue weighted by atomic mass is 35.5. The van der Waals surface area contributed by atoms with Crippen LogP contribution in [-0.2, 0) is 18.0 Å². The number of rotatable bonds is 8. The second kappa shape index (κ2) is 8.67. The van der Waals surface area contributed by atoms with E-state index in [-0.39, 0.29) is 10.8 Å². The summed E-state index contributed by atoms with van der Waals surface area (Å²) < 4.78 is 9.55. The molecule has 0 saturated heterocycles. The first-order valence-electron chi connectivity index (χ1n) is 10.4. The van der Waals surface area contributed by atoms with Gasteiger partial charge >= 0.3 is 0 Å². The molecule has 1 saturated carbocycles. The highest BCUT2D eigenvalue weighted by Crippen LogP contribution is 2.34. The van der Waals surface area contributed by atoms with Crippen LogP contribution in [0, 0.1) is 5.92 Å². The normalized spacial score (nSPS) is 16.0. The van der Waals surface area contributed by atoms with E-state index in [2.05, 4.69) is 38.5 Å². The van der Waals surface area contributed by atoms with Crippen molar-refractivity contribution in [3.63, 3.8) is 0 Å². The van der Waals surface area contributed by atoms with Gasteiger partial charge in [-0.25, -0.2) is 4.98 Å². The van der Waals surface area contributed by atoms with Crippen LogP contribution in [0.1, 0.15) is 51.3 Å². The Kier molecular flexibility index (Phi) is 6.67. The Hall–Kier alpha value is -1.18. The van der Waals surface area contributed by atoms with E-state index in [9.17, 15) is 4.79 Å². The van der Waals surface area contributed by atoms with Gasteiger partial charge in [-0.2, -0.15) is 4.98 Å². The van der Waals surface area contributed by atoms with Crippen molar-refractivity contribution in [2.75, 3.05) is 6.61 Å². The maximum atomic E-state index is 13.3. The number of imidazole rings is 1. The van der Waals surface area contributed by atoms with E-state index in [4.69, 9.17) is 21.3 Å². The van der Waals surface area contributed by atoms with Crippen molar-refractivity contribution in [2.45, 2.75) is 84.4 Å². The highest BCUT2D eigenvalue weighted by molar-refractivity contribution is 6.76. The average molecular weight is 425 g/mol.